The number of rotatable bonds is 6. The van der Waals surface area contributed by atoms with Crippen molar-refractivity contribution in [2.45, 2.75) is 45.3 Å². The van der Waals surface area contributed by atoms with Gasteiger partial charge in [0.05, 0.1) is 6.04 Å². The second-order valence-corrected chi connectivity index (χ2v) is 6.45. The van der Waals surface area contributed by atoms with Gasteiger partial charge in [0, 0.05) is 25.7 Å². The zero-order chi connectivity index (χ0) is 15.2. The fourth-order valence-corrected chi connectivity index (χ4v) is 2.86. The van der Waals surface area contributed by atoms with Crippen molar-refractivity contribution in [1.29, 1.82) is 0 Å². The fourth-order valence-electron chi connectivity index (χ4n) is 2.86. The predicted octanol–water partition coefficient (Wildman–Crippen LogP) is 1.75. The molecule has 1 aromatic rings. The van der Waals surface area contributed by atoms with Crippen LogP contribution in [0.25, 0.3) is 0 Å². The molecule has 0 saturated carbocycles. The Hall–Kier alpha value is -1.39. The first kappa shape index (κ1) is 16.0. The summed E-state index contributed by atoms with van der Waals surface area (Å²) in [6, 6.07) is 10.3. The van der Waals surface area contributed by atoms with Crippen LogP contribution in [0.4, 0.5) is 0 Å². The van der Waals surface area contributed by atoms with Crippen molar-refractivity contribution >= 4 is 5.91 Å². The molecule has 1 aromatic carbocycles. The Morgan fingerprint density at radius 2 is 2.10 bits per heavy atom. The lowest BCUT2D eigenvalue weighted by molar-refractivity contribution is -0.123. The van der Waals surface area contributed by atoms with E-state index >= 15 is 0 Å². The van der Waals surface area contributed by atoms with Crippen molar-refractivity contribution in [3.63, 3.8) is 0 Å². The molecule has 1 aliphatic heterocycles. The highest BCUT2D eigenvalue weighted by atomic mass is 16.2. The molecular formula is C17H27N3O. The molecule has 2 atom stereocenters. The molecule has 1 saturated heterocycles. The van der Waals surface area contributed by atoms with Crippen molar-refractivity contribution in [3.05, 3.63) is 35.9 Å². The fraction of sp³-hybridized carbons (Fsp3) is 0.588. The number of amides is 1. The lowest BCUT2D eigenvalue weighted by Crippen LogP contribution is -2.46. The van der Waals surface area contributed by atoms with E-state index in [0.29, 0.717) is 5.92 Å². The monoisotopic (exact) mass is 289 g/mol. The molecule has 0 aromatic heterocycles. The third-order valence-corrected chi connectivity index (χ3v) is 3.93. The highest BCUT2D eigenvalue weighted by molar-refractivity contribution is 5.81. The summed E-state index contributed by atoms with van der Waals surface area (Å²) in [5, 5.41) is 3.09. The van der Waals surface area contributed by atoms with Crippen LogP contribution in [0.15, 0.2) is 30.3 Å². The first-order valence-electron chi connectivity index (χ1n) is 7.87. The van der Waals surface area contributed by atoms with E-state index in [4.69, 9.17) is 5.73 Å². The number of benzene rings is 1. The average molecular weight is 289 g/mol. The molecule has 1 heterocycles. The van der Waals surface area contributed by atoms with Crippen LogP contribution in [0.1, 0.15) is 32.3 Å². The highest BCUT2D eigenvalue weighted by Crippen LogP contribution is 2.14. The summed E-state index contributed by atoms with van der Waals surface area (Å²) >= 11 is 0. The van der Waals surface area contributed by atoms with Crippen molar-refractivity contribution in [3.8, 4) is 0 Å². The second kappa shape index (κ2) is 7.57. The lowest BCUT2D eigenvalue weighted by Gasteiger charge is -2.19. The van der Waals surface area contributed by atoms with E-state index in [9.17, 15) is 4.79 Å². The summed E-state index contributed by atoms with van der Waals surface area (Å²) in [6.07, 6.45) is 1.75. The Labute approximate surface area is 127 Å². The van der Waals surface area contributed by atoms with Gasteiger partial charge in [-0.25, -0.2) is 0 Å². The standard InChI is InChI=1S/C17H27N3O/c1-13(2)10-16(18)17(21)19-15-8-9-20(12-15)11-14-6-4-3-5-7-14/h3-7,13,15-16H,8-12,18H2,1-2H3,(H,19,21)/t15-,16+/m1/s1. The van der Waals surface area contributed by atoms with Crippen LogP contribution >= 0.6 is 0 Å². The topological polar surface area (TPSA) is 58.4 Å². The molecule has 2 rings (SSSR count). The van der Waals surface area contributed by atoms with E-state index in [1.165, 1.54) is 5.56 Å². The zero-order valence-electron chi connectivity index (χ0n) is 13.1. The summed E-state index contributed by atoms with van der Waals surface area (Å²) in [5.74, 6) is 0.444. The Balaban J connectivity index is 1.76. The largest absolute Gasteiger partial charge is 0.351 e. The molecule has 116 valence electrons. The van der Waals surface area contributed by atoms with Crippen molar-refractivity contribution < 1.29 is 4.79 Å². The van der Waals surface area contributed by atoms with Gasteiger partial charge in [-0.2, -0.15) is 0 Å². The molecule has 4 nitrogen and oxygen atoms in total. The van der Waals surface area contributed by atoms with E-state index in [0.717, 1.165) is 32.5 Å². The number of carbonyl (C=O) groups is 1. The third-order valence-electron chi connectivity index (χ3n) is 3.93. The molecular weight excluding hydrogens is 262 g/mol. The summed E-state index contributed by atoms with van der Waals surface area (Å²) < 4.78 is 0. The zero-order valence-corrected chi connectivity index (χ0v) is 13.1. The number of carbonyl (C=O) groups excluding carboxylic acids is 1. The summed E-state index contributed by atoms with van der Waals surface area (Å²) in [5.41, 5.74) is 7.25. The Kier molecular flexibility index (Phi) is 5.76. The molecule has 0 unspecified atom stereocenters. The Bertz CT molecular complexity index is 447. The molecule has 4 heteroatoms. The van der Waals surface area contributed by atoms with E-state index in [2.05, 4.69) is 48.3 Å². The van der Waals surface area contributed by atoms with Gasteiger partial charge in [-0.1, -0.05) is 44.2 Å². The van der Waals surface area contributed by atoms with Gasteiger partial charge < -0.3 is 11.1 Å². The lowest BCUT2D eigenvalue weighted by atomic mass is 10.0. The first-order chi connectivity index (χ1) is 10.0. The normalized spacial score (nSPS) is 20.7. The van der Waals surface area contributed by atoms with E-state index in [1.807, 2.05) is 6.07 Å². The molecule has 1 fully saturated rings. The maximum atomic E-state index is 12.0. The number of nitrogens with one attached hydrogen (secondary N) is 1. The van der Waals surface area contributed by atoms with Crippen LogP contribution < -0.4 is 11.1 Å². The average Bonchev–Trinajstić information content (AvgIpc) is 2.86. The van der Waals surface area contributed by atoms with Crippen LogP contribution in [0.2, 0.25) is 0 Å². The van der Waals surface area contributed by atoms with E-state index < -0.39 is 0 Å². The van der Waals surface area contributed by atoms with Crippen LogP contribution in [0.3, 0.4) is 0 Å². The number of nitrogens with two attached hydrogens (primary N) is 1. The van der Waals surface area contributed by atoms with E-state index in [-0.39, 0.29) is 18.0 Å². The summed E-state index contributed by atoms with van der Waals surface area (Å²) in [6.45, 7) is 7.06. The maximum Gasteiger partial charge on any atom is 0.237 e. The van der Waals surface area contributed by atoms with Gasteiger partial charge in [0.2, 0.25) is 5.91 Å². The number of nitrogens with zero attached hydrogens (tertiary/aromatic N) is 1. The minimum Gasteiger partial charge on any atom is -0.351 e. The van der Waals surface area contributed by atoms with Crippen molar-refractivity contribution in [1.82, 2.24) is 10.2 Å². The van der Waals surface area contributed by atoms with Gasteiger partial charge in [-0.3, -0.25) is 9.69 Å². The third kappa shape index (κ3) is 5.14. The first-order valence-corrected chi connectivity index (χ1v) is 7.87. The van der Waals surface area contributed by atoms with Gasteiger partial charge >= 0.3 is 0 Å². The molecule has 0 bridgehead atoms. The molecule has 0 radical (unpaired) electrons. The van der Waals surface area contributed by atoms with Crippen LogP contribution in [-0.4, -0.2) is 36.0 Å². The molecule has 0 aliphatic carbocycles. The highest BCUT2D eigenvalue weighted by Gasteiger charge is 2.25. The predicted molar refractivity (Wildman–Crippen MR) is 85.7 cm³/mol. The quantitative estimate of drug-likeness (QED) is 0.839. The maximum absolute atomic E-state index is 12.0. The van der Waals surface area contributed by atoms with Crippen LogP contribution in [-0.2, 0) is 11.3 Å². The van der Waals surface area contributed by atoms with Gasteiger partial charge in [-0.05, 0) is 24.3 Å². The van der Waals surface area contributed by atoms with Gasteiger partial charge in [0.15, 0.2) is 0 Å². The Morgan fingerprint density at radius 1 is 1.38 bits per heavy atom. The van der Waals surface area contributed by atoms with Crippen LogP contribution in [0.5, 0.6) is 0 Å². The number of likely N-dealkylation sites (tertiary alicyclic amines) is 1. The van der Waals surface area contributed by atoms with Crippen LogP contribution in [0, 0.1) is 5.92 Å². The van der Waals surface area contributed by atoms with Gasteiger partial charge in [0.1, 0.15) is 0 Å². The number of hydrogen-bond donors (Lipinski definition) is 2. The minimum absolute atomic E-state index is 0.00439. The molecule has 1 amide bonds. The SMILES string of the molecule is CC(C)C[C@H](N)C(=O)N[C@@H]1CCN(Cc2ccccc2)C1. The smallest absolute Gasteiger partial charge is 0.237 e. The summed E-state index contributed by atoms with van der Waals surface area (Å²) in [7, 11) is 0. The van der Waals surface area contributed by atoms with E-state index in [1.54, 1.807) is 0 Å². The summed E-state index contributed by atoms with van der Waals surface area (Å²) in [4.78, 5) is 14.4. The molecule has 21 heavy (non-hydrogen) atoms. The van der Waals surface area contributed by atoms with Gasteiger partial charge in [0.25, 0.3) is 0 Å². The van der Waals surface area contributed by atoms with Crippen molar-refractivity contribution in [2.24, 2.45) is 11.7 Å². The van der Waals surface area contributed by atoms with Crippen molar-refractivity contribution in [2.75, 3.05) is 13.1 Å². The second-order valence-electron chi connectivity index (χ2n) is 6.45. The minimum atomic E-state index is -0.381. The molecule has 3 N–H and O–H groups in total. The number of hydrogen-bond acceptors (Lipinski definition) is 3. The molecule has 1 aliphatic rings. The van der Waals surface area contributed by atoms with Gasteiger partial charge in [-0.15, -0.1) is 0 Å². The Morgan fingerprint density at radius 3 is 2.76 bits per heavy atom. The molecule has 0 spiro atoms.